The van der Waals surface area contributed by atoms with Gasteiger partial charge < -0.3 is 5.32 Å². The summed E-state index contributed by atoms with van der Waals surface area (Å²) < 4.78 is 1.89. The van der Waals surface area contributed by atoms with Crippen molar-refractivity contribution in [3.05, 3.63) is 18.2 Å². The second-order valence-corrected chi connectivity index (χ2v) is 10.6. The van der Waals surface area contributed by atoms with Crippen molar-refractivity contribution >= 4 is 62.3 Å². The Hall–Kier alpha value is -2.50. The van der Waals surface area contributed by atoms with Crippen molar-refractivity contribution in [3.8, 4) is 11.8 Å². The van der Waals surface area contributed by atoms with Crippen LogP contribution in [0.4, 0.5) is 5.69 Å². The SMILES string of the molecule is CCCC#CCCSc1nc2ccc(NC(=O)C3(C)CC(=O)C(C(C)=O)C(=O)C3)cc2s1. The monoisotopic (exact) mass is 470 g/mol. The third-order valence-electron chi connectivity index (χ3n) is 5.31. The number of rotatable bonds is 7. The van der Waals surface area contributed by atoms with Gasteiger partial charge in [0.15, 0.2) is 15.9 Å². The summed E-state index contributed by atoms with van der Waals surface area (Å²) in [5.74, 6) is 4.13. The van der Waals surface area contributed by atoms with Gasteiger partial charge in [0, 0.05) is 37.1 Å². The molecule has 32 heavy (non-hydrogen) atoms. The van der Waals surface area contributed by atoms with Crippen LogP contribution in [0.3, 0.4) is 0 Å². The Morgan fingerprint density at radius 1 is 1.22 bits per heavy atom. The first kappa shape index (κ1) is 24.1. The quantitative estimate of drug-likeness (QED) is 0.274. The van der Waals surface area contributed by atoms with Crippen LogP contribution in [0.1, 0.15) is 52.9 Å². The van der Waals surface area contributed by atoms with Crippen LogP contribution in [0.2, 0.25) is 0 Å². The number of amides is 1. The number of carbonyl (C=O) groups excluding carboxylic acids is 4. The van der Waals surface area contributed by atoms with Crippen LogP contribution in [-0.2, 0) is 19.2 Å². The van der Waals surface area contributed by atoms with Crippen LogP contribution >= 0.6 is 23.1 Å². The maximum Gasteiger partial charge on any atom is 0.231 e. The van der Waals surface area contributed by atoms with Crippen molar-refractivity contribution in [2.75, 3.05) is 11.1 Å². The molecule has 0 atom stereocenters. The van der Waals surface area contributed by atoms with E-state index in [-0.39, 0.29) is 12.8 Å². The highest BCUT2D eigenvalue weighted by Crippen LogP contribution is 2.37. The second kappa shape index (κ2) is 10.4. The van der Waals surface area contributed by atoms with Gasteiger partial charge in [0.2, 0.25) is 5.91 Å². The molecular formula is C24H26N2O4S2. The van der Waals surface area contributed by atoms with Crippen LogP contribution in [0, 0.1) is 23.2 Å². The van der Waals surface area contributed by atoms with Crippen molar-refractivity contribution in [3.63, 3.8) is 0 Å². The van der Waals surface area contributed by atoms with Crippen molar-refractivity contribution in [2.24, 2.45) is 11.3 Å². The Balaban J connectivity index is 1.65. The predicted molar refractivity (Wildman–Crippen MR) is 128 cm³/mol. The summed E-state index contributed by atoms with van der Waals surface area (Å²) >= 11 is 3.22. The molecule has 0 bridgehead atoms. The summed E-state index contributed by atoms with van der Waals surface area (Å²) in [7, 11) is 0. The predicted octanol–water partition coefficient (Wildman–Crippen LogP) is 4.66. The number of aromatic nitrogens is 1. The van der Waals surface area contributed by atoms with Gasteiger partial charge in [0.05, 0.1) is 15.6 Å². The van der Waals surface area contributed by atoms with Crippen molar-refractivity contribution < 1.29 is 19.2 Å². The first-order valence-corrected chi connectivity index (χ1v) is 12.4. The first-order valence-electron chi connectivity index (χ1n) is 10.6. The molecule has 6 nitrogen and oxygen atoms in total. The number of hydrogen-bond donors (Lipinski definition) is 1. The molecule has 0 unspecified atom stereocenters. The topological polar surface area (TPSA) is 93.2 Å². The number of unbranched alkanes of at least 4 members (excludes halogenated alkanes) is 1. The highest BCUT2D eigenvalue weighted by Gasteiger charge is 2.48. The number of benzene rings is 1. The molecule has 168 valence electrons. The molecule has 8 heteroatoms. The number of nitrogens with one attached hydrogen (secondary N) is 1. The first-order chi connectivity index (χ1) is 15.2. The highest BCUT2D eigenvalue weighted by molar-refractivity contribution is 8.01. The molecule has 1 aromatic heterocycles. The lowest BCUT2D eigenvalue weighted by atomic mass is 9.69. The normalized spacial score (nSPS) is 20.7. The molecule has 0 saturated heterocycles. The summed E-state index contributed by atoms with van der Waals surface area (Å²) in [6.45, 7) is 4.94. The van der Waals surface area contributed by atoms with Gasteiger partial charge in [-0.15, -0.1) is 23.2 Å². The van der Waals surface area contributed by atoms with E-state index in [0.29, 0.717) is 5.69 Å². The maximum atomic E-state index is 12.9. The molecular weight excluding hydrogens is 444 g/mol. The lowest BCUT2D eigenvalue weighted by Crippen LogP contribution is -2.47. The van der Waals surface area contributed by atoms with Gasteiger partial charge in [-0.3, -0.25) is 19.2 Å². The number of anilines is 1. The molecule has 1 fully saturated rings. The summed E-state index contributed by atoms with van der Waals surface area (Å²) in [6, 6.07) is 5.46. The molecule has 1 aliphatic carbocycles. The fourth-order valence-corrected chi connectivity index (χ4v) is 5.68. The zero-order valence-corrected chi connectivity index (χ0v) is 20.1. The molecule has 1 saturated carbocycles. The van der Waals surface area contributed by atoms with Gasteiger partial charge in [-0.05, 0) is 38.5 Å². The van der Waals surface area contributed by atoms with Gasteiger partial charge in [-0.2, -0.15) is 0 Å². The van der Waals surface area contributed by atoms with Crippen molar-refractivity contribution in [1.82, 2.24) is 4.98 Å². The summed E-state index contributed by atoms with van der Waals surface area (Å²) in [4.78, 5) is 53.8. The number of carbonyl (C=O) groups is 4. The molecule has 1 heterocycles. The molecule has 1 amide bonds. The van der Waals surface area contributed by atoms with E-state index in [9.17, 15) is 19.2 Å². The maximum absolute atomic E-state index is 12.9. The Morgan fingerprint density at radius 2 is 1.91 bits per heavy atom. The van der Waals surface area contributed by atoms with Gasteiger partial charge in [-0.1, -0.05) is 18.7 Å². The lowest BCUT2D eigenvalue weighted by Gasteiger charge is -2.33. The van der Waals surface area contributed by atoms with Crippen LogP contribution in [0.15, 0.2) is 22.5 Å². The molecule has 0 aliphatic heterocycles. The van der Waals surface area contributed by atoms with Gasteiger partial charge in [0.1, 0.15) is 11.7 Å². The molecule has 2 aromatic rings. The molecule has 1 N–H and O–H groups in total. The third-order valence-corrected chi connectivity index (χ3v) is 7.47. The van der Waals surface area contributed by atoms with E-state index in [2.05, 4.69) is 29.1 Å². The van der Waals surface area contributed by atoms with Crippen molar-refractivity contribution in [2.45, 2.75) is 57.2 Å². The van der Waals surface area contributed by atoms with Crippen LogP contribution in [0.25, 0.3) is 10.2 Å². The smallest absolute Gasteiger partial charge is 0.231 e. The summed E-state index contributed by atoms with van der Waals surface area (Å²) in [6.07, 6.45) is 2.57. The largest absolute Gasteiger partial charge is 0.326 e. The minimum atomic E-state index is -1.22. The van der Waals surface area contributed by atoms with Gasteiger partial charge >= 0.3 is 0 Å². The summed E-state index contributed by atoms with van der Waals surface area (Å²) in [5, 5.41) is 2.84. The van der Waals surface area contributed by atoms with Crippen molar-refractivity contribution in [1.29, 1.82) is 0 Å². The fourth-order valence-electron chi connectivity index (χ4n) is 3.65. The van der Waals surface area contributed by atoms with E-state index in [1.54, 1.807) is 36.1 Å². The number of ketones is 3. The van der Waals surface area contributed by atoms with Crippen LogP contribution in [0.5, 0.6) is 0 Å². The van der Waals surface area contributed by atoms with E-state index >= 15 is 0 Å². The highest BCUT2D eigenvalue weighted by atomic mass is 32.2. The zero-order chi connectivity index (χ0) is 23.3. The number of nitrogens with zero attached hydrogens (tertiary/aromatic N) is 1. The van der Waals surface area contributed by atoms with E-state index in [4.69, 9.17) is 0 Å². The van der Waals surface area contributed by atoms with E-state index in [1.165, 1.54) is 6.92 Å². The molecule has 1 aromatic carbocycles. The van der Waals surface area contributed by atoms with E-state index < -0.39 is 34.6 Å². The minimum absolute atomic E-state index is 0.125. The zero-order valence-electron chi connectivity index (χ0n) is 18.4. The van der Waals surface area contributed by atoms with E-state index in [1.807, 2.05) is 12.1 Å². The second-order valence-electron chi connectivity index (χ2n) is 8.21. The molecule has 1 aliphatic rings. The number of Topliss-reactive ketones (excluding diaryl/α,β-unsaturated/α-hetero) is 3. The Morgan fingerprint density at radius 3 is 2.56 bits per heavy atom. The Bertz CT molecular complexity index is 1110. The molecule has 0 radical (unpaired) electrons. The minimum Gasteiger partial charge on any atom is -0.326 e. The number of hydrogen-bond acceptors (Lipinski definition) is 7. The standard InChI is InChI=1S/C24H26N2O4S2/c1-4-5-6-7-8-11-31-23-26-17-10-9-16(12-20(17)32-23)25-22(30)24(3)13-18(28)21(15(2)27)19(29)14-24/h9-10,12,21H,4-5,8,11,13-14H2,1-3H3,(H,25,30). The fraction of sp³-hybridized carbons (Fsp3) is 0.458. The molecule has 0 spiro atoms. The van der Waals surface area contributed by atoms with Gasteiger partial charge in [-0.25, -0.2) is 4.98 Å². The third kappa shape index (κ3) is 5.64. The number of thioether (sulfide) groups is 1. The van der Waals surface area contributed by atoms with Crippen LogP contribution < -0.4 is 5.32 Å². The summed E-state index contributed by atoms with van der Waals surface area (Å²) in [5.41, 5.74) is 0.275. The average Bonchev–Trinajstić information content (AvgIpc) is 3.11. The average molecular weight is 471 g/mol. The number of fused-ring (bicyclic) bond motifs is 1. The van der Waals surface area contributed by atoms with Crippen LogP contribution in [-0.4, -0.2) is 34.0 Å². The molecule has 3 rings (SSSR count). The Labute approximate surface area is 195 Å². The van der Waals surface area contributed by atoms with E-state index in [0.717, 1.165) is 39.6 Å². The lowest BCUT2D eigenvalue weighted by molar-refractivity contribution is -0.149. The van der Waals surface area contributed by atoms with Gasteiger partial charge in [0.25, 0.3) is 0 Å². The Kier molecular flexibility index (Phi) is 7.86. The number of thiazole rings is 1.